The van der Waals surface area contributed by atoms with Crippen LogP contribution in [0.5, 0.6) is 5.75 Å². The molecule has 1 atom stereocenters. The highest BCUT2D eigenvalue weighted by Gasteiger charge is 2.14. The quantitative estimate of drug-likeness (QED) is 0.258. The third-order valence-corrected chi connectivity index (χ3v) is 6.25. The van der Waals surface area contributed by atoms with Gasteiger partial charge >= 0.3 is 0 Å². The number of pyridine rings is 2. The Morgan fingerprint density at radius 3 is 2.61 bits per heavy atom. The second kappa shape index (κ2) is 12.6. The first kappa shape index (κ1) is 27.2. The summed E-state index contributed by atoms with van der Waals surface area (Å²) >= 11 is 0. The zero-order valence-electron chi connectivity index (χ0n) is 22.6. The van der Waals surface area contributed by atoms with Crippen molar-refractivity contribution >= 4 is 11.7 Å². The van der Waals surface area contributed by atoms with E-state index in [0.29, 0.717) is 40.6 Å². The molecule has 0 spiro atoms. The van der Waals surface area contributed by atoms with Crippen molar-refractivity contribution in [1.82, 2.24) is 25.0 Å². The number of hydrogen-bond acceptors (Lipinski definition) is 8. The van der Waals surface area contributed by atoms with Crippen LogP contribution in [0.1, 0.15) is 30.0 Å². The second-order valence-electron chi connectivity index (χ2n) is 9.20. The van der Waals surface area contributed by atoms with Gasteiger partial charge in [0.1, 0.15) is 17.3 Å². The van der Waals surface area contributed by atoms with E-state index in [-0.39, 0.29) is 18.6 Å². The van der Waals surface area contributed by atoms with Gasteiger partial charge in [0.05, 0.1) is 47.6 Å². The lowest BCUT2D eigenvalue weighted by Crippen LogP contribution is -2.21. The molecular formula is C31H27N7O3. The number of amides is 1. The standard InChI is InChI=1S/C31H27N7O3/c1-21(40-2)27-13-7-10-25(33-27)18-38-19-29(36-37-38)24-15-28(23-9-6-8-22(14-23)17-32)34-30(16-24)35-31(39)20-41-26-11-4-3-5-12-26/h3-16,19,21H,18,20H2,1-2H3,(H,34,35,39). The van der Waals surface area contributed by atoms with Crippen LogP contribution in [0, 0.1) is 11.3 Å². The van der Waals surface area contributed by atoms with E-state index < -0.39 is 0 Å². The zero-order chi connectivity index (χ0) is 28.6. The third kappa shape index (κ3) is 6.98. The fourth-order valence-corrected chi connectivity index (χ4v) is 4.09. The Bertz CT molecular complexity index is 1700. The van der Waals surface area contributed by atoms with Gasteiger partial charge in [-0.15, -0.1) is 5.10 Å². The highest BCUT2D eigenvalue weighted by atomic mass is 16.5. The predicted octanol–water partition coefficient (Wildman–Crippen LogP) is 5.05. The molecule has 0 saturated heterocycles. The van der Waals surface area contributed by atoms with Gasteiger partial charge in [0.15, 0.2) is 6.61 Å². The summed E-state index contributed by atoms with van der Waals surface area (Å²) in [6.07, 6.45) is 1.69. The van der Waals surface area contributed by atoms with Crippen LogP contribution in [0.25, 0.3) is 22.5 Å². The van der Waals surface area contributed by atoms with E-state index in [9.17, 15) is 10.1 Å². The number of aromatic nitrogens is 5. The lowest BCUT2D eigenvalue weighted by Gasteiger charge is -2.11. The SMILES string of the molecule is COC(C)c1cccc(Cn2cc(-c3cc(NC(=O)COc4ccccc4)nc(-c4cccc(C#N)c4)c3)nn2)n1. The summed E-state index contributed by atoms with van der Waals surface area (Å²) in [7, 11) is 1.65. The molecule has 204 valence electrons. The molecule has 0 bridgehead atoms. The largest absolute Gasteiger partial charge is 0.484 e. The molecule has 2 aromatic carbocycles. The number of methoxy groups -OCH3 is 1. The minimum absolute atomic E-state index is 0.122. The van der Waals surface area contributed by atoms with Crippen molar-refractivity contribution in [2.75, 3.05) is 19.0 Å². The monoisotopic (exact) mass is 545 g/mol. The predicted molar refractivity (Wildman–Crippen MR) is 153 cm³/mol. The molecule has 0 aliphatic rings. The summed E-state index contributed by atoms with van der Waals surface area (Å²) in [6.45, 7) is 2.18. The van der Waals surface area contributed by atoms with Crippen molar-refractivity contribution < 1.29 is 14.3 Å². The average Bonchev–Trinajstić information content (AvgIpc) is 3.48. The van der Waals surface area contributed by atoms with Crippen molar-refractivity contribution in [2.45, 2.75) is 19.6 Å². The Hall–Kier alpha value is -5.40. The third-order valence-electron chi connectivity index (χ3n) is 6.25. The Labute approximate surface area is 237 Å². The highest BCUT2D eigenvalue weighted by Crippen LogP contribution is 2.27. The Balaban J connectivity index is 1.41. The molecule has 0 radical (unpaired) electrons. The molecule has 3 heterocycles. The first-order chi connectivity index (χ1) is 20.0. The molecule has 0 fully saturated rings. The van der Waals surface area contributed by atoms with Crippen molar-refractivity contribution in [3.63, 3.8) is 0 Å². The second-order valence-corrected chi connectivity index (χ2v) is 9.20. The number of carbonyl (C=O) groups is 1. The minimum Gasteiger partial charge on any atom is -0.484 e. The van der Waals surface area contributed by atoms with Crippen LogP contribution in [0.15, 0.2) is 91.1 Å². The van der Waals surface area contributed by atoms with Gasteiger partial charge in [0, 0.05) is 18.2 Å². The van der Waals surface area contributed by atoms with E-state index in [2.05, 4.69) is 31.7 Å². The van der Waals surface area contributed by atoms with Gasteiger partial charge in [-0.25, -0.2) is 9.67 Å². The number of nitriles is 1. The number of benzene rings is 2. The van der Waals surface area contributed by atoms with Crippen LogP contribution in [0.2, 0.25) is 0 Å². The number of hydrogen-bond donors (Lipinski definition) is 1. The van der Waals surface area contributed by atoms with Crippen LogP contribution in [-0.2, 0) is 16.1 Å². The van der Waals surface area contributed by atoms with Crippen LogP contribution < -0.4 is 10.1 Å². The summed E-state index contributed by atoms with van der Waals surface area (Å²) in [5.41, 5.74) is 4.72. The Morgan fingerprint density at radius 1 is 0.976 bits per heavy atom. The van der Waals surface area contributed by atoms with E-state index in [1.54, 1.807) is 48.2 Å². The number of ether oxygens (including phenoxy) is 2. The van der Waals surface area contributed by atoms with E-state index in [0.717, 1.165) is 17.0 Å². The van der Waals surface area contributed by atoms with E-state index in [1.807, 2.05) is 61.7 Å². The van der Waals surface area contributed by atoms with Crippen LogP contribution in [0.3, 0.4) is 0 Å². The summed E-state index contributed by atoms with van der Waals surface area (Å²) in [4.78, 5) is 22.0. The van der Waals surface area contributed by atoms with E-state index in [4.69, 9.17) is 9.47 Å². The van der Waals surface area contributed by atoms with Crippen molar-refractivity contribution in [2.24, 2.45) is 0 Å². The lowest BCUT2D eigenvalue weighted by atomic mass is 10.1. The van der Waals surface area contributed by atoms with Crippen LogP contribution >= 0.6 is 0 Å². The smallest absolute Gasteiger partial charge is 0.263 e. The summed E-state index contributed by atoms with van der Waals surface area (Å²) < 4.78 is 12.7. The number of nitrogens with zero attached hydrogens (tertiary/aromatic N) is 6. The molecule has 10 nitrogen and oxygen atoms in total. The zero-order valence-corrected chi connectivity index (χ0v) is 22.6. The molecule has 1 unspecified atom stereocenters. The number of rotatable bonds is 10. The topological polar surface area (TPSA) is 128 Å². The molecule has 0 saturated carbocycles. The average molecular weight is 546 g/mol. The number of carbonyl (C=O) groups excluding carboxylic acids is 1. The normalized spacial score (nSPS) is 11.4. The van der Waals surface area contributed by atoms with Gasteiger partial charge in [-0.05, 0) is 55.5 Å². The molecule has 1 amide bonds. The van der Waals surface area contributed by atoms with E-state index >= 15 is 0 Å². The van der Waals surface area contributed by atoms with Crippen LogP contribution in [-0.4, -0.2) is 44.6 Å². The van der Waals surface area contributed by atoms with Gasteiger partial charge in [-0.3, -0.25) is 9.78 Å². The molecule has 1 N–H and O–H groups in total. The van der Waals surface area contributed by atoms with Crippen molar-refractivity contribution in [1.29, 1.82) is 5.26 Å². The molecule has 0 aliphatic heterocycles. The molecule has 5 aromatic rings. The number of para-hydroxylation sites is 1. The van der Waals surface area contributed by atoms with Gasteiger partial charge < -0.3 is 14.8 Å². The van der Waals surface area contributed by atoms with Gasteiger partial charge in [0.25, 0.3) is 5.91 Å². The highest BCUT2D eigenvalue weighted by molar-refractivity contribution is 5.92. The van der Waals surface area contributed by atoms with Gasteiger partial charge in [-0.1, -0.05) is 41.6 Å². The maximum absolute atomic E-state index is 12.7. The maximum atomic E-state index is 12.7. The van der Waals surface area contributed by atoms with E-state index in [1.165, 1.54) is 0 Å². The Kier molecular flexibility index (Phi) is 8.38. The molecule has 5 rings (SSSR count). The first-order valence-electron chi connectivity index (χ1n) is 12.9. The van der Waals surface area contributed by atoms with Crippen molar-refractivity contribution in [3.8, 4) is 34.3 Å². The summed E-state index contributed by atoms with van der Waals surface area (Å²) in [5, 5.41) is 20.8. The minimum atomic E-state index is -0.366. The van der Waals surface area contributed by atoms with Gasteiger partial charge in [-0.2, -0.15) is 5.26 Å². The first-order valence-corrected chi connectivity index (χ1v) is 12.9. The lowest BCUT2D eigenvalue weighted by molar-refractivity contribution is -0.118. The maximum Gasteiger partial charge on any atom is 0.263 e. The van der Waals surface area contributed by atoms with Gasteiger partial charge in [0.2, 0.25) is 0 Å². The molecule has 0 aliphatic carbocycles. The Morgan fingerprint density at radius 2 is 1.80 bits per heavy atom. The summed E-state index contributed by atoms with van der Waals surface area (Å²) in [5.74, 6) is 0.542. The van der Waals surface area contributed by atoms with Crippen molar-refractivity contribution in [3.05, 3.63) is 108 Å². The molecular weight excluding hydrogens is 518 g/mol. The summed E-state index contributed by atoms with van der Waals surface area (Å²) in [6, 6.07) is 27.7. The molecule has 3 aromatic heterocycles. The fourth-order valence-electron chi connectivity index (χ4n) is 4.09. The number of anilines is 1. The fraction of sp³-hybridized carbons (Fsp3) is 0.161. The van der Waals surface area contributed by atoms with Crippen LogP contribution in [0.4, 0.5) is 5.82 Å². The molecule has 41 heavy (non-hydrogen) atoms. The molecule has 10 heteroatoms. The number of nitrogens with one attached hydrogen (secondary N) is 1.